The molecule has 9 heteroatoms. The summed E-state index contributed by atoms with van der Waals surface area (Å²) in [4.78, 5) is 38.9. The summed E-state index contributed by atoms with van der Waals surface area (Å²) in [6.07, 6.45) is -3.47. The van der Waals surface area contributed by atoms with Crippen molar-refractivity contribution in [1.29, 1.82) is 0 Å². The van der Waals surface area contributed by atoms with Crippen molar-refractivity contribution in [2.45, 2.75) is 31.5 Å². The van der Waals surface area contributed by atoms with Crippen molar-refractivity contribution in [3.05, 3.63) is 29.8 Å². The topological polar surface area (TPSA) is 83.7 Å². The quantitative estimate of drug-likeness (QED) is 0.819. The number of nitrogens with two attached hydrogens (primary N) is 1. The number of alkyl halides is 3. The molecule has 3 amide bonds. The SMILES string of the molecule is NC(=O)C1CCN([C@H]2CC(=O)N(c3ccc(C(F)(F)F)cc3)C2=O)CC1. The highest BCUT2D eigenvalue weighted by molar-refractivity contribution is 6.22. The average Bonchev–Trinajstić information content (AvgIpc) is 2.89. The summed E-state index contributed by atoms with van der Waals surface area (Å²) in [6.45, 7) is 0.941. The Bertz CT molecular complexity index is 725. The molecule has 1 atom stereocenters. The smallest absolute Gasteiger partial charge is 0.369 e. The first-order chi connectivity index (χ1) is 12.2. The van der Waals surface area contributed by atoms with E-state index in [1.54, 1.807) is 0 Å². The van der Waals surface area contributed by atoms with Crippen LogP contribution in [0.25, 0.3) is 0 Å². The van der Waals surface area contributed by atoms with Gasteiger partial charge in [-0.15, -0.1) is 0 Å². The number of amides is 3. The van der Waals surface area contributed by atoms with Crippen LogP contribution in [0, 0.1) is 5.92 Å². The number of imide groups is 1. The summed E-state index contributed by atoms with van der Waals surface area (Å²) in [5, 5.41) is 0. The molecule has 2 heterocycles. The van der Waals surface area contributed by atoms with Gasteiger partial charge >= 0.3 is 6.18 Å². The van der Waals surface area contributed by atoms with E-state index in [9.17, 15) is 27.6 Å². The highest BCUT2D eigenvalue weighted by atomic mass is 19.4. The number of carbonyl (C=O) groups is 3. The molecular weight excluding hydrogens is 351 g/mol. The van der Waals surface area contributed by atoms with E-state index in [0.29, 0.717) is 25.9 Å². The van der Waals surface area contributed by atoms with Gasteiger partial charge in [0.25, 0.3) is 5.91 Å². The van der Waals surface area contributed by atoms with Crippen molar-refractivity contribution in [2.75, 3.05) is 18.0 Å². The van der Waals surface area contributed by atoms with E-state index in [2.05, 4.69) is 0 Å². The molecule has 2 aliphatic rings. The molecule has 0 saturated carbocycles. The van der Waals surface area contributed by atoms with Gasteiger partial charge in [-0.1, -0.05) is 0 Å². The Morgan fingerprint density at radius 3 is 2.15 bits per heavy atom. The van der Waals surface area contributed by atoms with Gasteiger partial charge < -0.3 is 5.73 Å². The van der Waals surface area contributed by atoms with Crippen LogP contribution in [0.3, 0.4) is 0 Å². The van der Waals surface area contributed by atoms with Crippen molar-refractivity contribution in [1.82, 2.24) is 4.90 Å². The number of halogens is 3. The van der Waals surface area contributed by atoms with Gasteiger partial charge in [0.2, 0.25) is 11.8 Å². The van der Waals surface area contributed by atoms with Gasteiger partial charge in [-0.25, -0.2) is 4.90 Å². The minimum absolute atomic E-state index is 0.0267. The minimum Gasteiger partial charge on any atom is -0.369 e. The van der Waals surface area contributed by atoms with E-state index in [-0.39, 0.29) is 23.9 Å². The number of hydrogen-bond acceptors (Lipinski definition) is 4. The molecule has 1 aromatic rings. The fourth-order valence-electron chi connectivity index (χ4n) is 3.47. The van der Waals surface area contributed by atoms with Crippen molar-refractivity contribution in [2.24, 2.45) is 11.7 Å². The molecule has 140 valence electrons. The van der Waals surface area contributed by atoms with Crippen LogP contribution in [0.5, 0.6) is 0 Å². The van der Waals surface area contributed by atoms with Crippen LogP contribution >= 0.6 is 0 Å². The molecule has 2 fully saturated rings. The van der Waals surface area contributed by atoms with Crippen LogP contribution in [0.2, 0.25) is 0 Å². The predicted molar refractivity (Wildman–Crippen MR) is 85.8 cm³/mol. The van der Waals surface area contributed by atoms with E-state index in [1.165, 1.54) is 0 Å². The summed E-state index contributed by atoms with van der Waals surface area (Å²) < 4.78 is 38.0. The fourth-order valence-corrected chi connectivity index (χ4v) is 3.47. The lowest BCUT2D eigenvalue weighted by atomic mass is 9.95. The van der Waals surface area contributed by atoms with E-state index >= 15 is 0 Å². The standard InChI is InChI=1S/C17H18F3N3O3/c18-17(19,20)11-1-3-12(4-2-11)23-14(24)9-13(16(23)26)22-7-5-10(6-8-22)15(21)25/h1-4,10,13H,5-9H2,(H2,21,25)/t13-/m0/s1. The first kappa shape index (κ1) is 18.4. The van der Waals surface area contributed by atoms with Gasteiger partial charge in [-0.3, -0.25) is 19.3 Å². The lowest BCUT2D eigenvalue weighted by Crippen LogP contribution is -2.47. The van der Waals surface area contributed by atoms with E-state index < -0.39 is 29.6 Å². The summed E-state index contributed by atoms with van der Waals surface area (Å²) >= 11 is 0. The number of nitrogens with zero attached hydrogens (tertiary/aromatic N) is 2. The molecule has 1 aromatic carbocycles. The highest BCUT2D eigenvalue weighted by Gasteiger charge is 2.44. The molecule has 6 nitrogen and oxygen atoms in total. The van der Waals surface area contributed by atoms with Gasteiger partial charge in [0.05, 0.1) is 23.7 Å². The molecular formula is C17H18F3N3O3. The first-order valence-electron chi connectivity index (χ1n) is 8.26. The van der Waals surface area contributed by atoms with E-state index in [0.717, 1.165) is 29.2 Å². The number of rotatable bonds is 3. The maximum Gasteiger partial charge on any atom is 0.416 e. The Morgan fingerprint density at radius 2 is 1.65 bits per heavy atom. The molecule has 0 bridgehead atoms. The number of benzene rings is 1. The molecule has 2 saturated heterocycles. The van der Waals surface area contributed by atoms with Crippen LogP contribution in [0.15, 0.2) is 24.3 Å². The lowest BCUT2D eigenvalue weighted by molar-refractivity contribution is -0.137. The minimum atomic E-state index is -4.48. The zero-order valence-electron chi connectivity index (χ0n) is 13.8. The molecule has 2 N–H and O–H groups in total. The van der Waals surface area contributed by atoms with Crippen molar-refractivity contribution in [3.8, 4) is 0 Å². The maximum atomic E-state index is 12.7. The highest BCUT2D eigenvalue weighted by Crippen LogP contribution is 2.33. The Balaban J connectivity index is 1.72. The summed E-state index contributed by atoms with van der Waals surface area (Å²) in [6, 6.07) is 3.29. The van der Waals surface area contributed by atoms with Crippen LogP contribution in [-0.4, -0.2) is 41.8 Å². The van der Waals surface area contributed by atoms with E-state index in [4.69, 9.17) is 5.73 Å². The van der Waals surface area contributed by atoms with Gasteiger partial charge in [0.15, 0.2) is 0 Å². The Morgan fingerprint density at radius 1 is 1.08 bits per heavy atom. The van der Waals surface area contributed by atoms with Crippen molar-refractivity contribution < 1.29 is 27.6 Å². The van der Waals surface area contributed by atoms with Crippen LogP contribution < -0.4 is 10.6 Å². The number of primary amides is 1. The number of anilines is 1. The van der Waals surface area contributed by atoms with Gasteiger partial charge in [-0.2, -0.15) is 13.2 Å². The largest absolute Gasteiger partial charge is 0.416 e. The second-order valence-electron chi connectivity index (χ2n) is 6.54. The first-order valence-corrected chi connectivity index (χ1v) is 8.26. The summed E-state index contributed by atoms with van der Waals surface area (Å²) in [5.41, 5.74) is 4.57. The van der Waals surface area contributed by atoms with Crippen LogP contribution in [0.1, 0.15) is 24.8 Å². The average molecular weight is 369 g/mol. The Labute approximate surface area is 147 Å². The number of piperidine rings is 1. The Kier molecular flexibility index (Phi) is 4.74. The zero-order chi connectivity index (χ0) is 19.1. The van der Waals surface area contributed by atoms with Crippen molar-refractivity contribution >= 4 is 23.4 Å². The monoisotopic (exact) mass is 369 g/mol. The zero-order valence-corrected chi connectivity index (χ0v) is 13.8. The second-order valence-corrected chi connectivity index (χ2v) is 6.54. The lowest BCUT2D eigenvalue weighted by Gasteiger charge is -2.33. The molecule has 2 aliphatic heterocycles. The fraction of sp³-hybridized carbons (Fsp3) is 0.471. The Hall–Kier alpha value is -2.42. The molecule has 26 heavy (non-hydrogen) atoms. The predicted octanol–water partition coefficient (Wildman–Crippen LogP) is 1.53. The molecule has 0 radical (unpaired) electrons. The molecule has 0 aromatic heterocycles. The van der Waals surface area contributed by atoms with Gasteiger partial charge in [0, 0.05) is 5.92 Å². The van der Waals surface area contributed by atoms with Crippen LogP contribution in [0.4, 0.5) is 18.9 Å². The third kappa shape index (κ3) is 3.44. The third-order valence-corrected chi connectivity index (χ3v) is 4.95. The molecule has 0 unspecified atom stereocenters. The second kappa shape index (κ2) is 6.71. The van der Waals surface area contributed by atoms with E-state index in [1.807, 2.05) is 4.90 Å². The van der Waals surface area contributed by atoms with Crippen LogP contribution in [-0.2, 0) is 20.6 Å². The van der Waals surface area contributed by atoms with Gasteiger partial charge in [0.1, 0.15) is 0 Å². The molecule has 0 aliphatic carbocycles. The number of carbonyl (C=O) groups excluding carboxylic acids is 3. The molecule has 0 spiro atoms. The van der Waals surface area contributed by atoms with Gasteiger partial charge in [-0.05, 0) is 50.2 Å². The third-order valence-electron chi connectivity index (χ3n) is 4.95. The summed E-state index contributed by atoms with van der Waals surface area (Å²) in [5.74, 6) is -1.50. The number of likely N-dealkylation sites (tertiary alicyclic amines) is 1. The summed E-state index contributed by atoms with van der Waals surface area (Å²) in [7, 11) is 0. The maximum absolute atomic E-state index is 12.7. The normalized spacial score (nSPS) is 22.9. The van der Waals surface area contributed by atoms with Crippen molar-refractivity contribution in [3.63, 3.8) is 0 Å². The molecule has 3 rings (SSSR count). The number of hydrogen-bond donors (Lipinski definition) is 1.